The van der Waals surface area contributed by atoms with Gasteiger partial charge in [-0.2, -0.15) is 4.31 Å². The van der Waals surface area contributed by atoms with E-state index in [4.69, 9.17) is 4.52 Å². The molecule has 2 atom stereocenters. The zero-order valence-corrected chi connectivity index (χ0v) is 11.7. The standard InChI is InChI=1S/C11H19N3O3S/c1-8-5-12-6-9(2)14(8)18(15,16)7-11-4-10(3)17-13-11/h4,8-9,12H,5-7H2,1-3H3. The minimum Gasteiger partial charge on any atom is -0.361 e. The third-order valence-corrected chi connectivity index (χ3v) is 5.10. The highest BCUT2D eigenvalue weighted by Crippen LogP contribution is 2.19. The molecule has 1 aliphatic rings. The van der Waals surface area contributed by atoms with Crippen molar-refractivity contribution in [1.29, 1.82) is 0 Å². The maximum atomic E-state index is 12.4. The first-order valence-electron chi connectivity index (χ1n) is 6.04. The Balaban J connectivity index is 2.19. The average Bonchev–Trinajstić information content (AvgIpc) is 2.62. The maximum Gasteiger partial charge on any atom is 0.220 e. The van der Waals surface area contributed by atoms with Gasteiger partial charge >= 0.3 is 0 Å². The molecule has 0 radical (unpaired) electrons. The van der Waals surface area contributed by atoms with Crippen LogP contribution < -0.4 is 5.32 Å². The van der Waals surface area contributed by atoms with Gasteiger partial charge in [-0.1, -0.05) is 5.16 Å². The molecule has 0 aromatic carbocycles. The van der Waals surface area contributed by atoms with E-state index < -0.39 is 10.0 Å². The molecule has 1 saturated heterocycles. The van der Waals surface area contributed by atoms with Gasteiger partial charge in [0, 0.05) is 31.2 Å². The second-order valence-electron chi connectivity index (χ2n) is 4.87. The number of aryl methyl sites for hydroxylation is 1. The summed E-state index contributed by atoms with van der Waals surface area (Å²) in [4.78, 5) is 0. The van der Waals surface area contributed by atoms with Gasteiger partial charge in [0.25, 0.3) is 0 Å². The molecule has 1 fully saturated rings. The SMILES string of the molecule is Cc1cc(CS(=O)(=O)N2C(C)CNCC2C)no1. The van der Waals surface area contributed by atoms with Crippen molar-refractivity contribution in [2.45, 2.75) is 38.6 Å². The van der Waals surface area contributed by atoms with Crippen LogP contribution in [0.25, 0.3) is 0 Å². The van der Waals surface area contributed by atoms with Gasteiger partial charge in [0.2, 0.25) is 10.0 Å². The van der Waals surface area contributed by atoms with Crippen molar-refractivity contribution < 1.29 is 12.9 Å². The lowest BCUT2D eigenvalue weighted by atomic mass is 10.2. The van der Waals surface area contributed by atoms with E-state index in [0.29, 0.717) is 24.5 Å². The van der Waals surface area contributed by atoms with Gasteiger partial charge < -0.3 is 9.84 Å². The summed E-state index contributed by atoms with van der Waals surface area (Å²) in [6.45, 7) is 6.94. The van der Waals surface area contributed by atoms with Gasteiger partial charge in [-0.3, -0.25) is 0 Å². The Labute approximate surface area is 107 Å². The first kappa shape index (κ1) is 13.5. The van der Waals surface area contributed by atoms with Crippen LogP contribution in [0.5, 0.6) is 0 Å². The van der Waals surface area contributed by atoms with Crippen LogP contribution in [0.2, 0.25) is 0 Å². The van der Waals surface area contributed by atoms with E-state index in [9.17, 15) is 8.42 Å². The van der Waals surface area contributed by atoms with E-state index in [2.05, 4.69) is 10.5 Å². The van der Waals surface area contributed by atoms with E-state index in [-0.39, 0.29) is 17.8 Å². The lowest BCUT2D eigenvalue weighted by molar-refractivity contribution is 0.219. The zero-order valence-electron chi connectivity index (χ0n) is 10.9. The summed E-state index contributed by atoms with van der Waals surface area (Å²) in [5, 5.41) is 6.96. The molecule has 0 spiro atoms. The van der Waals surface area contributed by atoms with Gasteiger partial charge in [0.1, 0.15) is 17.2 Å². The molecule has 0 saturated carbocycles. The Morgan fingerprint density at radius 2 is 2.06 bits per heavy atom. The third kappa shape index (κ3) is 2.73. The van der Waals surface area contributed by atoms with Crippen LogP contribution in [-0.4, -0.2) is 43.1 Å². The maximum absolute atomic E-state index is 12.4. The molecular weight excluding hydrogens is 254 g/mol. The van der Waals surface area contributed by atoms with Crippen molar-refractivity contribution in [2.24, 2.45) is 0 Å². The van der Waals surface area contributed by atoms with Crippen molar-refractivity contribution in [3.05, 3.63) is 17.5 Å². The number of hydrogen-bond donors (Lipinski definition) is 1. The number of piperazine rings is 1. The van der Waals surface area contributed by atoms with Crippen molar-refractivity contribution >= 4 is 10.0 Å². The predicted octanol–water partition coefficient (Wildman–Crippen LogP) is 0.495. The fourth-order valence-electron chi connectivity index (χ4n) is 2.41. The highest BCUT2D eigenvalue weighted by molar-refractivity contribution is 7.88. The summed E-state index contributed by atoms with van der Waals surface area (Å²) in [6.07, 6.45) is 0. The Bertz CT molecular complexity index is 501. The molecule has 102 valence electrons. The normalized spacial score (nSPS) is 26.4. The second-order valence-corrected chi connectivity index (χ2v) is 6.75. The number of hydrogen-bond acceptors (Lipinski definition) is 5. The topological polar surface area (TPSA) is 75.4 Å². The predicted molar refractivity (Wildman–Crippen MR) is 67.5 cm³/mol. The Hall–Kier alpha value is -0.920. The number of nitrogens with zero attached hydrogens (tertiary/aromatic N) is 2. The Morgan fingerprint density at radius 1 is 1.44 bits per heavy atom. The lowest BCUT2D eigenvalue weighted by Gasteiger charge is -2.38. The Morgan fingerprint density at radius 3 is 2.56 bits per heavy atom. The van der Waals surface area contributed by atoms with Gasteiger partial charge in [-0.15, -0.1) is 0 Å². The highest BCUT2D eigenvalue weighted by Gasteiger charge is 2.34. The molecule has 0 amide bonds. The average molecular weight is 273 g/mol. The number of aromatic nitrogens is 1. The molecular formula is C11H19N3O3S. The van der Waals surface area contributed by atoms with Crippen molar-refractivity contribution in [3.63, 3.8) is 0 Å². The molecule has 2 rings (SSSR count). The fraction of sp³-hybridized carbons (Fsp3) is 0.727. The van der Waals surface area contributed by atoms with Crippen molar-refractivity contribution in [3.8, 4) is 0 Å². The summed E-state index contributed by atoms with van der Waals surface area (Å²) in [6, 6.07) is 1.59. The van der Waals surface area contributed by atoms with Crippen molar-refractivity contribution in [2.75, 3.05) is 13.1 Å². The summed E-state index contributed by atoms with van der Waals surface area (Å²) in [5.74, 6) is 0.528. The van der Waals surface area contributed by atoms with Crippen LogP contribution in [0.4, 0.5) is 0 Å². The third-order valence-electron chi connectivity index (χ3n) is 3.08. The summed E-state index contributed by atoms with van der Waals surface area (Å²) < 4.78 is 31.3. The fourth-order valence-corrected chi connectivity index (χ4v) is 4.32. The molecule has 1 aromatic heterocycles. The quantitative estimate of drug-likeness (QED) is 0.867. The van der Waals surface area contributed by atoms with Crippen LogP contribution in [0.15, 0.2) is 10.6 Å². The number of rotatable bonds is 3. The van der Waals surface area contributed by atoms with Gasteiger partial charge in [-0.05, 0) is 20.8 Å². The first-order chi connectivity index (χ1) is 8.40. The lowest BCUT2D eigenvalue weighted by Crippen LogP contribution is -2.57. The van der Waals surface area contributed by atoms with E-state index >= 15 is 0 Å². The minimum atomic E-state index is -3.35. The largest absolute Gasteiger partial charge is 0.361 e. The van der Waals surface area contributed by atoms with Crippen LogP contribution in [0.3, 0.4) is 0 Å². The molecule has 18 heavy (non-hydrogen) atoms. The van der Waals surface area contributed by atoms with E-state index in [1.54, 1.807) is 17.3 Å². The van der Waals surface area contributed by atoms with Crippen molar-refractivity contribution in [1.82, 2.24) is 14.8 Å². The highest BCUT2D eigenvalue weighted by atomic mass is 32.2. The van der Waals surface area contributed by atoms with E-state index in [0.717, 1.165) is 0 Å². The van der Waals surface area contributed by atoms with Gasteiger partial charge in [0.15, 0.2) is 0 Å². The molecule has 6 nitrogen and oxygen atoms in total. The monoisotopic (exact) mass is 273 g/mol. The first-order valence-corrected chi connectivity index (χ1v) is 7.65. The van der Waals surface area contributed by atoms with Crippen LogP contribution >= 0.6 is 0 Å². The number of sulfonamides is 1. The Kier molecular flexibility index (Phi) is 3.74. The van der Waals surface area contributed by atoms with Crippen LogP contribution in [0, 0.1) is 6.92 Å². The zero-order chi connectivity index (χ0) is 13.3. The molecule has 1 aromatic rings. The number of nitrogens with one attached hydrogen (secondary N) is 1. The second kappa shape index (κ2) is 4.99. The molecule has 0 bridgehead atoms. The summed E-state index contributed by atoms with van der Waals surface area (Å²) >= 11 is 0. The molecule has 2 unspecified atom stereocenters. The molecule has 1 aliphatic heterocycles. The van der Waals surface area contributed by atoms with Crippen LogP contribution in [-0.2, 0) is 15.8 Å². The van der Waals surface area contributed by atoms with Gasteiger partial charge in [-0.25, -0.2) is 8.42 Å². The van der Waals surface area contributed by atoms with Gasteiger partial charge in [0.05, 0.1) is 0 Å². The molecule has 7 heteroatoms. The summed E-state index contributed by atoms with van der Waals surface area (Å²) in [5.41, 5.74) is 0.463. The van der Waals surface area contributed by atoms with E-state index in [1.807, 2.05) is 13.8 Å². The molecule has 0 aliphatic carbocycles. The molecule has 2 heterocycles. The summed E-state index contributed by atoms with van der Waals surface area (Å²) in [7, 11) is -3.35. The molecule has 1 N–H and O–H groups in total. The minimum absolute atomic E-state index is 0.0354. The van der Waals surface area contributed by atoms with E-state index in [1.165, 1.54) is 0 Å². The van der Waals surface area contributed by atoms with Crippen LogP contribution in [0.1, 0.15) is 25.3 Å². The smallest absolute Gasteiger partial charge is 0.220 e.